The zero-order valence-corrected chi connectivity index (χ0v) is 23.4. The van der Waals surface area contributed by atoms with Gasteiger partial charge in [-0.05, 0) is 53.9 Å². The highest BCUT2D eigenvalue weighted by atomic mass is 35.5. The van der Waals surface area contributed by atoms with E-state index < -0.39 is 17.7 Å². The summed E-state index contributed by atoms with van der Waals surface area (Å²) in [5.41, 5.74) is 2.06. The molecule has 1 unspecified atom stereocenters. The number of ketones is 1. The van der Waals surface area contributed by atoms with Gasteiger partial charge in [0.25, 0.3) is 11.7 Å². The third kappa shape index (κ3) is 6.34. The standard InChI is InChI=1S/C31H30Cl2N2O5/c32-25-12-9-23(19-26(25)33)28-27(30(37)31(38)35(28)14-4-13-34-15-17-39-18-16-34)29(36)22-7-10-24(11-8-22)40-20-21-5-2-1-3-6-21/h1-3,5-12,19,28,36H,4,13-18,20H2/b29-27+. The van der Waals surface area contributed by atoms with Crippen molar-refractivity contribution in [3.8, 4) is 5.75 Å². The molecule has 1 amide bonds. The number of halogens is 2. The molecule has 2 aliphatic rings. The normalized spacial score (nSPS) is 19.2. The van der Waals surface area contributed by atoms with Crippen molar-refractivity contribution >= 4 is 40.7 Å². The first kappa shape index (κ1) is 28.2. The minimum atomic E-state index is -0.798. The summed E-state index contributed by atoms with van der Waals surface area (Å²) < 4.78 is 11.3. The van der Waals surface area contributed by atoms with Crippen LogP contribution < -0.4 is 4.74 Å². The number of morpholine rings is 1. The maximum Gasteiger partial charge on any atom is 0.295 e. The fraction of sp³-hybridized carbons (Fsp3) is 0.290. The maximum atomic E-state index is 13.3. The van der Waals surface area contributed by atoms with Gasteiger partial charge in [0.2, 0.25) is 0 Å². The van der Waals surface area contributed by atoms with Gasteiger partial charge in [-0.25, -0.2) is 0 Å². The molecule has 0 aromatic heterocycles. The zero-order valence-electron chi connectivity index (χ0n) is 21.9. The Morgan fingerprint density at radius 1 is 0.925 bits per heavy atom. The lowest BCUT2D eigenvalue weighted by Gasteiger charge is -2.29. The van der Waals surface area contributed by atoms with Crippen molar-refractivity contribution in [3.63, 3.8) is 0 Å². The van der Waals surface area contributed by atoms with Crippen LogP contribution in [-0.2, 0) is 20.9 Å². The van der Waals surface area contributed by atoms with E-state index in [0.717, 1.165) is 25.2 Å². The van der Waals surface area contributed by atoms with Gasteiger partial charge in [-0.1, -0.05) is 59.6 Å². The molecule has 208 valence electrons. The third-order valence-corrected chi connectivity index (χ3v) is 7.89. The van der Waals surface area contributed by atoms with Crippen molar-refractivity contribution in [1.82, 2.24) is 9.80 Å². The lowest BCUT2D eigenvalue weighted by Crippen LogP contribution is -2.38. The molecule has 9 heteroatoms. The van der Waals surface area contributed by atoms with Crippen molar-refractivity contribution < 1.29 is 24.2 Å². The predicted molar refractivity (Wildman–Crippen MR) is 155 cm³/mol. The Balaban J connectivity index is 1.41. The molecule has 2 heterocycles. The molecule has 2 saturated heterocycles. The molecule has 7 nitrogen and oxygen atoms in total. The highest BCUT2D eigenvalue weighted by molar-refractivity contribution is 6.46. The first-order valence-electron chi connectivity index (χ1n) is 13.2. The van der Waals surface area contributed by atoms with Crippen molar-refractivity contribution in [2.45, 2.75) is 19.1 Å². The number of Topliss-reactive ketones (excluding diaryl/α,β-unsaturated/α-hetero) is 1. The first-order chi connectivity index (χ1) is 19.4. The van der Waals surface area contributed by atoms with Crippen LogP contribution >= 0.6 is 23.2 Å². The van der Waals surface area contributed by atoms with Gasteiger partial charge in [0, 0.05) is 31.7 Å². The number of amides is 1. The number of likely N-dealkylation sites (tertiary alicyclic amines) is 1. The van der Waals surface area contributed by atoms with Crippen LogP contribution in [0, 0.1) is 0 Å². The molecule has 0 radical (unpaired) electrons. The van der Waals surface area contributed by atoms with Crippen LogP contribution in [0.5, 0.6) is 5.75 Å². The van der Waals surface area contributed by atoms with Gasteiger partial charge in [-0.3, -0.25) is 14.5 Å². The van der Waals surface area contributed by atoms with Gasteiger partial charge in [-0.15, -0.1) is 0 Å². The van der Waals surface area contributed by atoms with E-state index in [9.17, 15) is 14.7 Å². The van der Waals surface area contributed by atoms with Gasteiger partial charge < -0.3 is 19.5 Å². The number of nitrogens with zero attached hydrogens (tertiary/aromatic N) is 2. The third-order valence-electron chi connectivity index (χ3n) is 7.15. The lowest BCUT2D eigenvalue weighted by molar-refractivity contribution is -0.140. The Kier molecular flexibility index (Phi) is 9.07. The largest absolute Gasteiger partial charge is 0.507 e. The molecule has 0 saturated carbocycles. The van der Waals surface area contributed by atoms with Gasteiger partial charge in [-0.2, -0.15) is 0 Å². The van der Waals surface area contributed by atoms with Crippen LogP contribution in [0.1, 0.15) is 29.2 Å². The van der Waals surface area contributed by atoms with Crippen LogP contribution in [0.15, 0.2) is 78.4 Å². The Morgan fingerprint density at radius 2 is 1.65 bits per heavy atom. The summed E-state index contributed by atoms with van der Waals surface area (Å²) in [5.74, 6) is -1.02. The molecule has 0 aliphatic carbocycles. The summed E-state index contributed by atoms with van der Waals surface area (Å²) in [6.07, 6.45) is 0.665. The highest BCUT2D eigenvalue weighted by Gasteiger charge is 2.46. The van der Waals surface area contributed by atoms with Crippen LogP contribution in [-0.4, -0.2) is 66.0 Å². The lowest BCUT2D eigenvalue weighted by atomic mass is 9.95. The first-order valence-corrected chi connectivity index (χ1v) is 14.0. The number of ether oxygens (including phenoxy) is 2. The van der Waals surface area contributed by atoms with E-state index in [2.05, 4.69) is 4.90 Å². The van der Waals surface area contributed by atoms with E-state index in [1.807, 2.05) is 30.3 Å². The molecule has 40 heavy (non-hydrogen) atoms. The SMILES string of the molecule is O=C1C(=O)N(CCCN2CCOCC2)C(c2ccc(Cl)c(Cl)c2)/C1=C(\O)c1ccc(OCc2ccccc2)cc1. The topological polar surface area (TPSA) is 79.3 Å². The predicted octanol–water partition coefficient (Wildman–Crippen LogP) is 5.72. The summed E-state index contributed by atoms with van der Waals surface area (Å²) in [4.78, 5) is 30.4. The summed E-state index contributed by atoms with van der Waals surface area (Å²) in [5, 5.41) is 12.0. The summed E-state index contributed by atoms with van der Waals surface area (Å²) in [6, 6.07) is 20.8. The maximum absolute atomic E-state index is 13.3. The smallest absolute Gasteiger partial charge is 0.295 e. The molecule has 0 spiro atoms. The van der Waals surface area contributed by atoms with E-state index in [4.69, 9.17) is 32.7 Å². The molecule has 3 aromatic carbocycles. The number of carbonyl (C=O) groups excluding carboxylic acids is 2. The van der Waals surface area contributed by atoms with Gasteiger partial charge in [0.15, 0.2) is 0 Å². The number of aliphatic hydroxyl groups is 1. The monoisotopic (exact) mass is 580 g/mol. The van der Waals surface area contributed by atoms with Crippen LogP contribution in [0.3, 0.4) is 0 Å². The fourth-order valence-corrected chi connectivity index (χ4v) is 5.34. The minimum Gasteiger partial charge on any atom is -0.507 e. The molecule has 2 fully saturated rings. The van der Waals surface area contributed by atoms with Crippen molar-refractivity contribution in [2.75, 3.05) is 39.4 Å². The van der Waals surface area contributed by atoms with E-state index in [0.29, 0.717) is 59.7 Å². The number of rotatable bonds is 9. The molecular weight excluding hydrogens is 551 g/mol. The fourth-order valence-electron chi connectivity index (χ4n) is 5.03. The Labute approximate surface area is 243 Å². The summed E-state index contributed by atoms with van der Waals surface area (Å²) in [7, 11) is 0. The minimum absolute atomic E-state index is 0.0210. The van der Waals surface area contributed by atoms with Crippen LogP contribution in [0.4, 0.5) is 0 Å². The van der Waals surface area contributed by atoms with E-state index in [1.54, 1.807) is 42.5 Å². The van der Waals surface area contributed by atoms with E-state index >= 15 is 0 Å². The molecule has 5 rings (SSSR count). The molecule has 0 bridgehead atoms. The summed E-state index contributed by atoms with van der Waals surface area (Å²) >= 11 is 12.5. The van der Waals surface area contributed by atoms with Crippen LogP contribution in [0.2, 0.25) is 10.0 Å². The molecule has 2 aliphatic heterocycles. The summed E-state index contributed by atoms with van der Waals surface area (Å²) in [6.45, 7) is 4.55. The zero-order chi connectivity index (χ0) is 28.1. The quantitative estimate of drug-likeness (QED) is 0.198. The number of carbonyl (C=O) groups is 2. The Bertz CT molecular complexity index is 1390. The number of hydrogen-bond donors (Lipinski definition) is 1. The molecule has 3 aromatic rings. The average molecular weight is 581 g/mol. The van der Waals surface area contributed by atoms with Crippen LogP contribution in [0.25, 0.3) is 5.76 Å². The van der Waals surface area contributed by atoms with E-state index in [-0.39, 0.29) is 11.3 Å². The van der Waals surface area contributed by atoms with Crippen molar-refractivity contribution in [1.29, 1.82) is 0 Å². The average Bonchev–Trinajstić information content (AvgIpc) is 3.23. The van der Waals surface area contributed by atoms with Crippen molar-refractivity contribution in [3.05, 3.63) is 105 Å². The second kappa shape index (κ2) is 12.9. The molecular formula is C31H30Cl2N2O5. The molecule has 1 N–H and O–H groups in total. The van der Waals surface area contributed by atoms with Gasteiger partial charge >= 0.3 is 0 Å². The van der Waals surface area contributed by atoms with Gasteiger partial charge in [0.05, 0.1) is 34.9 Å². The van der Waals surface area contributed by atoms with Gasteiger partial charge in [0.1, 0.15) is 18.1 Å². The van der Waals surface area contributed by atoms with Crippen molar-refractivity contribution in [2.24, 2.45) is 0 Å². The highest BCUT2D eigenvalue weighted by Crippen LogP contribution is 2.41. The Morgan fingerprint density at radius 3 is 2.35 bits per heavy atom. The van der Waals surface area contributed by atoms with E-state index in [1.165, 1.54) is 4.90 Å². The second-order valence-electron chi connectivity index (χ2n) is 9.77. The number of aliphatic hydroxyl groups excluding tert-OH is 1. The molecule has 1 atom stereocenters. The number of hydrogen-bond acceptors (Lipinski definition) is 6. The second-order valence-corrected chi connectivity index (χ2v) is 10.6. The Hall–Kier alpha value is -3.36. The number of benzene rings is 3.